The molecule has 210 valence electrons. The Bertz CT molecular complexity index is 1490. The zero-order chi connectivity index (χ0) is 28.3. The fourth-order valence-corrected chi connectivity index (χ4v) is 6.95. The fourth-order valence-electron chi connectivity index (χ4n) is 5.19. The molecule has 0 spiro atoms. The van der Waals surface area contributed by atoms with Gasteiger partial charge in [0.25, 0.3) is 5.91 Å². The molecule has 2 amide bonds. The summed E-state index contributed by atoms with van der Waals surface area (Å²) in [5.41, 5.74) is 2.32. The predicted molar refractivity (Wildman–Crippen MR) is 151 cm³/mol. The van der Waals surface area contributed by atoms with Gasteiger partial charge in [0.05, 0.1) is 25.3 Å². The van der Waals surface area contributed by atoms with Crippen molar-refractivity contribution in [2.75, 3.05) is 31.6 Å². The number of para-hydroxylation sites is 2. The summed E-state index contributed by atoms with van der Waals surface area (Å²) in [5, 5.41) is 2.90. The Hall–Kier alpha value is -3.89. The lowest BCUT2D eigenvalue weighted by molar-refractivity contribution is -0.129. The molecule has 1 saturated heterocycles. The molecule has 0 unspecified atom stereocenters. The second-order valence-corrected chi connectivity index (χ2v) is 12.0. The third-order valence-electron chi connectivity index (χ3n) is 7.31. The molecule has 2 heterocycles. The number of benzene rings is 3. The molecule has 9 nitrogen and oxygen atoms in total. The van der Waals surface area contributed by atoms with Crippen molar-refractivity contribution < 1.29 is 27.5 Å². The third kappa shape index (κ3) is 5.68. The SMILES string of the molecule is COc1ccc(C)cc1S(=O)(=O)N1CCC[C@H](C(=O)N2C[C@H](C(=O)NCc3ccccc3)Oc3ccccc32)C1. The van der Waals surface area contributed by atoms with Gasteiger partial charge in [0.2, 0.25) is 15.9 Å². The molecule has 1 N–H and O–H groups in total. The van der Waals surface area contributed by atoms with E-state index in [0.29, 0.717) is 37.4 Å². The molecule has 5 rings (SSSR count). The summed E-state index contributed by atoms with van der Waals surface area (Å²) < 4.78 is 40.0. The molecular weight excluding hydrogens is 530 g/mol. The van der Waals surface area contributed by atoms with Gasteiger partial charge in [-0.15, -0.1) is 0 Å². The van der Waals surface area contributed by atoms with Crippen LogP contribution in [0.1, 0.15) is 24.0 Å². The van der Waals surface area contributed by atoms with E-state index in [-0.39, 0.29) is 35.5 Å². The van der Waals surface area contributed by atoms with E-state index in [9.17, 15) is 18.0 Å². The average Bonchev–Trinajstić information content (AvgIpc) is 2.99. The Labute approximate surface area is 234 Å². The third-order valence-corrected chi connectivity index (χ3v) is 9.20. The van der Waals surface area contributed by atoms with E-state index in [2.05, 4.69) is 5.32 Å². The molecule has 2 atom stereocenters. The summed E-state index contributed by atoms with van der Waals surface area (Å²) in [6.07, 6.45) is 0.180. The van der Waals surface area contributed by atoms with Crippen LogP contribution in [0, 0.1) is 12.8 Å². The lowest BCUT2D eigenvalue weighted by Crippen LogP contribution is -2.53. The van der Waals surface area contributed by atoms with Gasteiger partial charge in [0.15, 0.2) is 6.10 Å². The second-order valence-electron chi connectivity index (χ2n) is 10.1. The van der Waals surface area contributed by atoms with Crippen molar-refractivity contribution in [3.8, 4) is 11.5 Å². The highest BCUT2D eigenvalue weighted by Gasteiger charge is 2.40. The minimum absolute atomic E-state index is 0.0332. The molecule has 2 aliphatic rings. The normalized spacial score (nSPS) is 19.3. The minimum Gasteiger partial charge on any atom is -0.495 e. The first-order chi connectivity index (χ1) is 19.3. The van der Waals surface area contributed by atoms with Gasteiger partial charge in [0.1, 0.15) is 16.4 Å². The summed E-state index contributed by atoms with van der Waals surface area (Å²) >= 11 is 0. The summed E-state index contributed by atoms with van der Waals surface area (Å²) in [5.74, 6) is -0.418. The van der Waals surface area contributed by atoms with E-state index in [1.165, 1.54) is 11.4 Å². The Morgan fingerprint density at radius 1 is 1.02 bits per heavy atom. The highest BCUT2D eigenvalue weighted by atomic mass is 32.2. The van der Waals surface area contributed by atoms with Crippen LogP contribution >= 0.6 is 0 Å². The van der Waals surface area contributed by atoms with Crippen LogP contribution in [-0.2, 0) is 26.2 Å². The summed E-state index contributed by atoms with van der Waals surface area (Å²) in [6, 6.07) is 21.7. The zero-order valence-electron chi connectivity index (χ0n) is 22.6. The number of piperidine rings is 1. The smallest absolute Gasteiger partial charge is 0.263 e. The lowest BCUT2D eigenvalue weighted by atomic mass is 9.97. The molecule has 1 fully saturated rings. The van der Waals surface area contributed by atoms with Crippen molar-refractivity contribution in [3.63, 3.8) is 0 Å². The molecular formula is C30H33N3O6S. The molecule has 0 bridgehead atoms. The number of anilines is 1. The van der Waals surface area contributed by atoms with Crippen LogP contribution < -0.4 is 19.7 Å². The number of nitrogens with zero attached hydrogens (tertiary/aromatic N) is 2. The Morgan fingerprint density at radius 2 is 1.77 bits per heavy atom. The maximum absolute atomic E-state index is 13.9. The molecule has 0 radical (unpaired) electrons. The number of fused-ring (bicyclic) bond motifs is 1. The van der Waals surface area contributed by atoms with Gasteiger partial charge in [-0.05, 0) is 55.2 Å². The highest BCUT2D eigenvalue weighted by molar-refractivity contribution is 7.89. The summed E-state index contributed by atoms with van der Waals surface area (Å²) in [4.78, 5) is 28.7. The van der Waals surface area contributed by atoms with E-state index in [4.69, 9.17) is 9.47 Å². The van der Waals surface area contributed by atoms with Crippen molar-refractivity contribution in [2.45, 2.75) is 37.3 Å². The summed E-state index contributed by atoms with van der Waals surface area (Å²) in [6.45, 7) is 2.55. The number of rotatable bonds is 7. The van der Waals surface area contributed by atoms with Crippen molar-refractivity contribution in [3.05, 3.63) is 83.9 Å². The molecule has 3 aromatic carbocycles. The van der Waals surface area contributed by atoms with Crippen molar-refractivity contribution in [2.24, 2.45) is 5.92 Å². The first kappa shape index (κ1) is 27.7. The number of methoxy groups -OCH3 is 1. The molecule has 40 heavy (non-hydrogen) atoms. The quantitative estimate of drug-likeness (QED) is 0.472. The van der Waals surface area contributed by atoms with E-state index in [0.717, 1.165) is 11.1 Å². The van der Waals surface area contributed by atoms with E-state index in [1.54, 1.807) is 47.4 Å². The molecule has 0 aromatic heterocycles. The first-order valence-electron chi connectivity index (χ1n) is 13.3. The molecule has 0 aliphatic carbocycles. The summed E-state index contributed by atoms with van der Waals surface area (Å²) in [7, 11) is -2.46. The molecule has 3 aromatic rings. The number of amides is 2. The van der Waals surface area contributed by atoms with Gasteiger partial charge in [-0.25, -0.2) is 8.42 Å². The fraction of sp³-hybridized carbons (Fsp3) is 0.333. The second kappa shape index (κ2) is 11.7. The standard InChI is InChI=1S/C30H33N3O6S/c1-21-14-15-26(38-2)28(17-21)40(36,37)32-16-8-11-23(19-32)30(35)33-20-27(39-25-13-7-6-12-24(25)33)29(34)31-18-22-9-4-3-5-10-22/h3-7,9-10,12-15,17,23,27H,8,11,16,18-20H2,1-2H3,(H,31,34)/t23-,27+/m0/s1. The lowest BCUT2D eigenvalue weighted by Gasteiger charge is -2.38. The first-order valence-corrected chi connectivity index (χ1v) is 14.8. The molecule has 2 aliphatic heterocycles. The number of hydrogen-bond donors (Lipinski definition) is 1. The van der Waals surface area contributed by atoms with Crippen molar-refractivity contribution in [1.82, 2.24) is 9.62 Å². The van der Waals surface area contributed by atoms with E-state index in [1.807, 2.05) is 37.3 Å². The van der Waals surface area contributed by atoms with Crippen LogP contribution in [0.25, 0.3) is 0 Å². The van der Waals surface area contributed by atoms with Crippen LogP contribution in [0.15, 0.2) is 77.7 Å². The number of nitrogens with one attached hydrogen (secondary N) is 1. The van der Waals surface area contributed by atoms with Crippen LogP contribution in [0.5, 0.6) is 11.5 Å². The highest BCUT2D eigenvalue weighted by Crippen LogP contribution is 2.36. The van der Waals surface area contributed by atoms with Gasteiger partial charge in [-0.1, -0.05) is 48.5 Å². The molecule has 0 saturated carbocycles. The van der Waals surface area contributed by atoms with Crippen LogP contribution in [-0.4, -0.2) is 57.4 Å². The van der Waals surface area contributed by atoms with E-state index >= 15 is 0 Å². The van der Waals surface area contributed by atoms with Crippen LogP contribution in [0.4, 0.5) is 5.69 Å². The van der Waals surface area contributed by atoms with Crippen molar-refractivity contribution in [1.29, 1.82) is 0 Å². The maximum atomic E-state index is 13.9. The Balaban J connectivity index is 1.35. The Kier molecular flexibility index (Phi) is 8.09. The van der Waals surface area contributed by atoms with Crippen molar-refractivity contribution >= 4 is 27.5 Å². The van der Waals surface area contributed by atoms with Crippen LogP contribution in [0.3, 0.4) is 0 Å². The van der Waals surface area contributed by atoms with Gasteiger partial charge in [-0.3, -0.25) is 9.59 Å². The zero-order valence-corrected chi connectivity index (χ0v) is 23.4. The largest absolute Gasteiger partial charge is 0.495 e. The number of carbonyl (C=O) groups is 2. The predicted octanol–water partition coefficient (Wildman–Crippen LogP) is 3.51. The van der Waals surface area contributed by atoms with Gasteiger partial charge >= 0.3 is 0 Å². The van der Waals surface area contributed by atoms with Gasteiger partial charge in [0, 0.05) is 19.6 Å². The number of carbonyl (C=O) groups excluding carboxylic acids is 2. The number of sulfonamides is 1. The van der Waals surface area contributed by atoms with E-state index < -0.39 is 22.0 Å². The number of hydrogen-bond acceptors (Lipinski definition) is 6. The number of ether oxygens (including phenoxy) is 2. The van der Waals surface area contributed by atoms with Crippen LogP contribution in [0.2, 0.25) is 0 Å². The average molecular weight is 564 g/mol. The van der Waals surface area contributed by atoms with Gasteiger partial charge < -0.3 is 19.7 Å². The Morgan fingerprint density at radius 3 is 2.55 bits per heavy atom. The monoisotopic (exact) mass is 563 g/mol. The maximum Gasteiger partial charge on any atom is 0.263 e. The molecule has 10 heteroatoms. The topological polar surface area (TPSA) is 105 Å². The van der Waals surface area contributed by atoms with Gasteiger partial charge in [-0.2, -0.15) is 4.31 Å². The number of aryl methyl sites for hydroxylation is 1. The minimum atomic E-state index is -3.89.